The van der Waals surface area contributed by atoms with Gasteiger partial charge in [0.1, 0.15) is 33.2 Å². The summed E-state index contributed by atoms with van der Waals surface area (Å²) in [6.45, 7) is 12.7. The van der Waals surface area contributed by atoms with E-state index in [0.717, 1.165) is 27.2 Å². The van der Waals surface area contributed by atoms with Crippen molar-refractivity contribution in [2.45, 2.75) is 90.5 Å². The van der Waals surface area contributed by atoms with Gasteiger partial charge in [0.15, 0.2) is 11.6 Å². The number of nitrogens with zero attached hydrogens (tertiary/aromatic N) is 5. The number of carbonyl (C=O) groups is 3. The number of pyridine rings is 1. The third-order valence-electron chi connectivity index (χ3n) is 11.5. The van der Waals surface area contributed by atoms with Gasteiger partial charge in [0, 0.05) is 42.0 Å². The van der Waals surface area contributed by atoms with Crippen LogP contribution in [-0.2, 0) is 26.2 Å². The van der Waals surface area contributed by atoms with Crippen LogP contribution in [0.25, 0.3) is 10.8 Å². The molecule has 0 saturated carbocycles. The number of aryl methyl sites for hydroxylation is 1. The maximum atomic E-state index is 17.9. The second-order valence-electron chi connectivity index (χ2n) is 18.6. The van der Waals surface area contributed by atoms with Crippen LogP contribution in [0, 0.1) is 5.82 Å². The number of rotatable bonds is 11. The molecule has 7 aromatic rings. The highest BCUT2D eigenvalue weighted by molar-refractivity contribution is 9.10. The molecule has 0 spiro atoms. The van der Waals surface area contributed by atoms with Gasteiger partial charge in [0.05, 0.1) is 5.69 Å². The number of benzene rings is 5. The predicted molar refractivity (Wildman–Crippen MR) is 264 cm³/mol. The van der Waals surface area contributed by atoms with Crippen molar-refractivity contribution in [2.75, 3.05) is 21.7 Å². The molecule has 3 amide bonds. The summed E-state index contributed by atoms with van der Waals surface area (Å²) in [7, 11) is 0. The number of halogens is 2. The molecule has 1 atom stereocenters. The minimum Gasteiger partial charge on any atom is -0.443 e. The van der Waals surface area contributed by atoms with Gasteiger partial charge in [-0.3, -0.25) is 4.79 Å². The van der Waals surface area contributed by atoms with Crippen molar-refractivity contribution in [3.05, 3.63) is 184 Å². The zero-order chi connectivity index (χ0) is 47.7. The molecule has 344 valence electrons. The van der Waals surface area contributed by atoms with E-state index in [4.69, 9.17) is 14.5 Å². The first-order chi connectivity index (χ1) is 32.0. The van der Waals surface area contributed by atoms with Gasteiger partial charge in [-0.25, -0.2) is 23.9 Å². The highest BCUT2D eigenvalue weighted by atomic mass is 79.9. The summed E-state index contributed by atoms with van der Waals surface area (Å²) >= 11 is 3.76. The van der Waals surface area contributed by atoms with Crippen molar-refractivity contribution in [1.29, 1.82) is 0 Å². The standard InChI is InChI=1S/C54H54BrFN6O5/c1-8-35-31-42(46(56)43(32-35)60-30-18-25-45(60)63)47(58-40-26-27-41-36(33-40)28-29-57-48(41)62(50(64)66-52(2,3)4)51(65)67-53(5,6)7)49-59-44(55)34-61(49)54(37-19-12-9-13-20-37,38-21-14-10-15-22-38)39-23-16-11-17-24-39/h9-17,19-24,26-29,31-34,47,58H,8,18,25,30H2,1-7H3. The normalized spacial score (nSPS) is 13.7. The maximum absolute atomic E-state index is 17.9. The van der Waals surface area contributed by atoms with E-state index < -0.39 is 40.8 Å². The third kappa shape index (κ3) is 9.56. The fourth-order valence-corrected chi connectivity index (χ4v) is 9.12. The predicted octanol–water partition coefficient (Wildman–Crippen LogP) is 12.7. The van der Waals surface area contributed by atoms with Gasteiger partial charge in [-0.15, -0.1) is 0 Å². The first-order valence-electron chi connectivity index (χ1n) is 22.4. The Balaban J connectivity index is 1.37. The molecule has 1 unspecified atom stereocenters. The fraction of sp³-hybridized carbons (Fsp3) is 0.278. The Morgan fingerprint density at radius 1 is 0.806 bits per heavy atom. The smallest absolute Gasteiger partial charge is 0.425 e. The van der Waals surface area contributed by atoms with Gasteiger partial charge in [-0.1, -0.05) is 104 Å². The summed E-state index contributed by atoms with van der Waals surface area (Å²) in [6.07, 6.45) is 3.09. The van der Waals surface area contributed by atoms with E-state index in [-0.39, 0.29) is 23.0 Å². The SMILES string of the molecule is CCc1cc(C(Nc2ccc3c(N(C(=O)OC(C)(C)C)C(=O)OC(C)(C)C)nccc3c2)c2nc(Br)cn2C(c2ccccc2)(c2ccccc2)c2ccccc2)c(F)c(N2CCCC2=O)c1. The Hall–Kier alpha value is -6.86. The molecule has 1 aliphatic heterocycles. The van der Waals surface area contributed by atoms with Crippen molar-refractivity contribution < 1.29 is 28.2 Å². The second-order valence-corrected chi connectivity index (χ2v) is 19.4. The van der Waals surface area contributed by atoms with Gasteiger partial charge in [-0.05, 0) is 128 Å². The van der Waals surface area contributed by atoms with Crippen LogP contribution >= 0.6 is 15.9 Å². The first kappa shape index (κ1) is 46.7. The lowest BCUT2D eigenvalue weighted by molar-refractivity contribution is -0.117. The van der Waals surface area contributed by atoms with Crippen molar-refractivity contribution in [1.82, 2.24) is 14.5 Å². The van der Waals surface area contributed by atoms with Gasteiger partial charge >= 0.3 is 12.2 Å². The summed E-state index contributed by atoms with van der Waals surface area (Å²) in [4.78, 5) is 53.0. The van der Waals surface area contributed by atoms with E-state index in [0.29, 0.717) is 52.7 Å². The second kappa shape index (κ2) is 18.8. The van der Waals surface area contributed by atoms with Crippen molar-refractivity contribution in [2.24, 2.45) is 0 Å². The van der Waals surface area contributed by atoms with Gasteiger partial charge < -0.3 is 24.3 Å². The number of anilines is 3. The summed E-state index contributed by atoms with van der Waals surface area (Å²) in [5.74, 6) is -0.193. The first-order valence-corrected chi connectivity index (χ1v) is 23.2. The van der Waals surface area contributed by atoms with E-state index in [2.05, 4.69) is 67.2 Å². The number of imidazole rings is 1. The molecule has 8 rings (SSSR count). The Bertz CT molecular complexity index is 2810. The number of carbonyl (C=O) groups excluding carboxylic acids is 3. The van der Waals surface area contributed by atoms with Crippen LogP contribution in [0.4, 0.5) is 31.2 Å². The van der Waals surface area contributed by atoms with Gasteiger partial charge in [-0.2, -0.15) is 4.90 Å². The molecule has 67 heavy (non-hydrogen) atoms. The molecule has 11 nitrogen and oxygen atoms in total. The van der Waals surface area contributed by atoms with Crippen LogP contribution in [-0.4, -0.2) is 50.4 Å². The lowest BCUT2D eigenvalue weighted by atomic mass is 9.76. The number of amides is 3. The van der Waals surface area contributed by atoms with Crippen molar-refractivity contribution in [3.63, 3.8) is 0 Å². The summed E-state index contributed by atoms with van der Waals surface area (Å²) in [5, 5.41) is 4.76. The Kier molecular flexibility index (Phi) is 13.1. The van der Waals surface area contributed by atoms with Crippen LogP contribution in [0.15, 0.2) is 144 Å². The van der Waals surface area contributed by atoms with Crippen LogP contribution in [0.3, 0.4) is 0 Å². The van der Waals surface area contributed by atoms with E-state index in [9.17, 15) is 14.4 Å². The molecular weight excluding hydrogens is 912 g/mol. The van der Waals surface area contributed by atoms with Crippen LogP contribution in [0.1, 0.15) is 101 Å². The van der Waals surface area contributed by atoms with Crippen LogP contribution in [0.5, 0.6) is 0 Å². The average Bonchev–Trinajstić information content (AvgIpc) is 3.90. The molecule has 5 aromatic carbocycles. The van der Waals surface area contributed by atoms with E-state index in [1.165, 1.54) is 6.20 Å². The largest absolute Gasteiger partial charge is 0.443 e. The quantitative estimate of drug-likeness (QED) is 0.127. The molecule has 1 fully saturated rings. The number of hydrogen-bond acceptors (Lipinski definition) is 8. The summed E-state index contributed by atoms with van der Waals surface area (Å²) < 4.78 is 31.9. The molecule has 1 saturated heterocycles. The Morgan fingerprint density at radius 2 is 1.37 bits per heavy atom. The molecular formula is C54H54BrFN6O5. The molecule has 3 heterocycles. The van der Waals surface area contributed by atoms with Gasteiger partial charge in [0.25, 0.3) is 0 Å². The number of nitrogens with one attached hydrogen (secondary N) is 1. The number of fused-ring (bicyclic) bond motifs is 1. The molecule has 0 bridgehead atoms. The topological polar surface area (TPSA) is 119 Å². The Morgan fingerprint density at radius 3 is 1.88 bits per heavy atom. The maximum Gasteiger partial charge on any atom is 0.425 e. The molecule has 0 aliphatic carbocycles. The van der Waals surface area contributed by atoms with E-state index >= 15 is 4.39 Å². The third-order valence-corrected chi connectivity index (χ3v) is 11.9. The molecule has 1 aliphatic rings. The average molecular weight is 966 g/mol. The van der Waals surface area contributed by atoms with Gasteiger partial charge in [0.2, 0.25) is 5.91 Å². The molecule has 1 N–H and O–H groups in total. The monoisotopic (exact) mass is 964 g/mol. The van der Waals surface area contributed by atoms with Crippen molar-refractivity contribution >= 4 is 62.0 Å². The number of imide groups is 1. The molecule has 0 radical (unpaired) electrons. The molecule has 13 heteroatoms. The fourth-order valence-electron chi connectivity index (χ4n) is 8.74. The molecule has 2 aromatic heterocycles. The minimum absolute atomic E-state index is 0.0172. The van der Waals surface area contributed by atoms with Crippen molar-refractivity contribution in [3.8, 4) is 0 Å². The van der Waals surface area contributed by atoms with Crippen LogP contribution < -0.4 is 15.1 Å². The highest BCUT2D eigenvalue weighted by Gasteiger charge is 2.43. The highest BCUT2D eigenvalue weighted by Crippen LogP contribution is 2.45. The summed E-state index contributed by atoms with van der Waals surface area (Å²) in [5.41, 5.74) is 1.83. The number of ether oxygens (including phenoxy) is 2. The van der Waals surface area contributed by atoms with E-state index in [1.807, 2.05) is 79.9 Å². The lowest BCUT2D eigenvalue weighted by Gasteiger charge is -2.39. The Labute approximate surface area is 399 Å². The zero-order valence-electron chi connectivity index (χ0n) is 38.7. The van der Waals surface area contributed by atoms with Crippen LogP contribution in [0.2, 0.25) is 0 Å². The summed E-state index contributed by atoms with van der Waals surface area (Å²) in [6, 6.07) is 40.3. The number of aromatic nitrogens is 3. The number of hydrogen-bond donors (Lipinski definition) is 1. The lowest BCUT2D eigenvalue weighted by Crippen LogP contribution is -2.44. The van der Waals surface area contributed by atoms with E-state index in [1.54, 1.807) is 70.7 Å². The zero-order valence-corrected chi connectivity index (χ0v) is 40.3. The minimum atomic E-state index is -1.04.